The Bertz CT molecular complexity index is 1260. The average molecular weight is 481 g/mol. The number of carbonyl (C=O) groups is 1. The van der Waals surface area contributed by atoms with Crippen LogP contribution in [0.1, 0.15) is 24.5 Å². The third kappa shape index (κ3) is 5.17. The minimum atomic E-state index is -3.70. The average Bonchev–Trinajstić information content (AvgIpc) is 2.85. The topological polar surface area (TPSA) is 84.9 Å². The minimum absolute atomic E-state index is 0.136. The number of sulfonamides is 1. The van der Waals surface area contributed by atoms with Crippen LogP contribution in [0.25, 0.3) is 0 Å². The van der Waals surface area contributed by atoms with Gasteiger partial charge in [-0.2, -0.15) is 0 Å². The van der Waals surface area contributed by atoms with E-state index in [1.165, 1.54) is 4.31 Å². The summed E-state index contributed by atoms with van der Waals surface area (Å²) >= 11 is 0. The van der Waals surface area contributed by atoms with Gasteiger partial charge >= 0.3 is 0 Å². The fourth-order valence-corrected chi connectivity index (χ4v) is 5.57. The molecule has 0 spiro atoms. The van der Waals surface area contributed by atoms with E-state index < -0.39 is 10.0 Å². The van der Waals surface area contributed by atoms with Crippen molar-refractivity contribution < 1.29 is 22.7 Å². The van der Waals surface area contributed by atoms with Crippen LogP contribution in [0.3, 0.4) is 0 Å². The zero-order valence-electron chi connectivity index (χ0n) is 19.3. The molecule has 0 saturated heterocycles. The van der Waals surface area contributed by atoms with Crippen LogP contribution in [-0.2, 0) is 27.7 Å². The molecule has 0 unspecified atom stereocenters. The monoisotopic (exact) mass is 480 g/mol. The minimum Gasteiger partial charge on any atom is -0.497 e. The Morgan fingerprint density at radius 3 is 2.38 bits per heavy atom. The Morgan fingerprint density at radius 2 is 1.71 bits per heavy atom. The zero-order chi connectivity index (χ0) is 24.1. The summed E-state index contributed by atoms with van der Waals surface area (Å²) in [5.41, 5.74) is 3.07. The molecule has 1 heterocycles. The summed E-state index contributed by atoms with van der Waals surface area (Å²) in [5, 5.41) is 2.93. The zero-order valence-corrected chi connectivity index (χ0v) is 20.1. The van der Waals surface area contributed by atoms with Crippen molar-refractivity contribution in [3.05, 3.63) is 77.9 Å². The van der Waals surface area contributed by atoms with Crippen molar-refractivity contribution in [1.29, 1.82) is 0 Å². The molecule has 178 valence electrons. The van der Waals surface area contributed by atoms with Crippen molar-refractivity contribution >= 4 is 27.3 Å². The lowest BCUT2D eigenvalue weighted by Crippen LogP contribution is -2.35. The van der Waals surface area contributed by atoms with Crippen molar-refractivity contribution in [3.8, 4) is 11.5 Å². The van der Waals surface area contributed by atoms with E-state index >= 15 is 0 Å². The molecule has 1 N–H and O–H groups in total. The number of amides is 1. The van der Waals surface area contributed by atoms with E-state index in [0.717, 1.165) is 23.3 Å². The number of hydrogen-bond donors (Lipinski definition) is 1. The summed E-state index contributed by atoms with van der Waals surface area (Å²) in [6.07, 6.45) is 1.68. The van der Waals surface area contributed by atoms with Gasteiger partial charge in [-0.3, -0.25) is 9.10 Å². The highest BCUT2D eigenvalue weighted by atomic mass is 32.2. The van der Waals surface area contributed by atoms with Gasteiger partial charge in [0.1, 0.15) is 11.5 Å². The molecule has 1 aliphatic rings. The fraction of sp³-hybridized carbons (Fsp3) is 0.269. The molecule has 1 amide bonds. The molecule has 3 aromatic rings. The molecule has 4 rings (SSSR count). The molecule has 0 aromatic heterocycles. The Morgan fingerprint density at radius 1 is 1.00 bits per heavy atom. The third-order valence-corrected chi connectivity index (χ3v) is 7.51. The first-order chi connectivity index (χ1) is 16.4. The van der Waals surface area contributed by atoms with Crippen LogP contribution in [0.5, 0.6) is 11.5 Å². The molecule has 34 heavy (non-hydrogen) atoms. The number of hydrogen-bond acceptors (Lipinski definition) is 5. The summed E-state index contributed by atoms with van der Waals surface area (Å²) in [7, 11) is -2.16. The van der Waals surface area contributed by atoms with Gasteiger partial charge in [0.2, 0.25) is 5.91 Å². The Kier molecular flexibility index (Phi) is 7.07. The van der Waals surface area contributed by atoms with E-state index in [0.29, 0.717) is 36.7 Å². The normalized spacial score (nSPS) is 13.2. The number of benzene rings is 3. The number of nitrogens with one attached hydrogen (secondary N) is 1. The summed E-state index contributed by atoms with van der Waals surface area (Å²) in [5.74, 6) is 1.24. The maximum atomic E-state index is 13.3. The predicted molar refractivity (Wildman–Crippen MR) is 132 cm³/mol. The van der Waals surface area contributed by atoms with Gasteiger partial charge in [0.05, 0.1) is 30.7 Å². The molecule has 0 aliphatic carbocycles. The van der Waals surface area contributed by atoms with Crippen molar-refractivity contribution in [2.45, 2.75) is 31.1 Å². The Labute approximate surface area is 200 Å². The first-order valence-electron chi connectivity index (χ1n) is 11.2. The lowest BCUT2D eigenvalue weighted by molar-refractivity contribution is -0.115. The largest absolute Gasteiger partial charge is 0.497 e. The number of nitrogens with zero attached hydrogens (tertiary/aromatic N) is 1. The van der Waals surface area contributed by atoms with Crippen molar-refractivity contribution in [1.82, 2.24) is 0 Å². The van der Waals surface area contributed by atoms with Gasteiger partial charge in [-0.05, 0) is 85.5 Å². The van der Waals surface area contributed by atoms with Crippen LogP contribution < -0.4 is 19.1 Å². The van der Waals surface area contributed by atoms with Crippen molar-refractivity contribution in [2.75, 3.05) is 29.9 Å². The van der Waals surface area contributed by atoms with Gasteiger partial charge in [-0.1, -0.05) is 12.1 Å². The second kappa shape index (κ2) is 10.2. The van der Waals surface area contributed by atoms with Crippen LogP contribution in [0, 0.1) is 0 Å². The van der Waals surface area contributed by atoms with Crippen LogP contribution in [0.2, 0.25) is 0 Å². The number of carbonyl (C=O) groups excluding carboxylic acids is 1. The first-order valence-corrected chi connectivity index (χ1v) is 12.7. The number of ether oxygens (including phenoxy) is 2. The molecule has 3 aromatic carbocycles. The van der Waals surface area contributed by atoms with E-state index in [-0.39, 0.29) is 17.2 Å². The van der Waals surface area contributed by atoms with Gasteiger partial charge in [-0.15, -0.1) is 0 Å². The number of fused-ring (bicyclic) bond motifs is 1. The Hall–Kier alpha value is -3.52. The van der Waals surface area contributed by atoms with Crippen LogP contribution in [-0.4, -0.2) is 34.6 Å². The lowest BCUT2D eigenvalue weighted by atomic mass is 10.0. The standard InChI is InChI=1S/C26H28N2O5S/c1-3-33-23-9-6-19(7-10-23)17-26(29)27-21-8-15-25-20(18-21)5-4-16-28(25)34(30,31)24-13-11-22(32-2)12-14-24/h6-15,18H,3-5,16-17H2,1-2H3,(H,27,29). The third-order valence-electron chi connectivity index (χ3n) is 5.69. The quantitative estimate of drug-likeness (QED) is 0.516. The highest BCUT2D eigenvalue weighted by molar-refractivity contribution is 7.92. The molecule has 7 nitrogen and oxygen atoms in total. The van der Waals surface area contributed by atoms with Crippen LogP contribution >= 0.6 is 0 Å². The second-order valence-electron chi connectivity index (χ2n) is 8.00. The van der Waals surface area contributed by atoms with E-state index in [1.54, 1.807) is 43.5 Å². The van der Waals surface area contributed by atoms with E-state index in [4.69, 9.17) is 9.47 Å². The number of methoxy groups -OCH3 is 1. The van der Waals surface area contributed by atoms with E-state index in [1.807, 2.05) is 37.3 Å². The first kappa shape index (κ1) is 23.6. The summed E-state index contributed by atoms with van der Waals surface area (Å²) in [6.45, 7) is 2.93. The Balaban J connectivity index is 1.48. The lowest BCUT2D eigenvalue weighted by Gasteiger charge is -2.31. The van der Waals surface area contributed by atoms with Gasteiger partial charge in [0, 0.05) is 12.2 Å². The summed E-state index contributed by atoms with van der Waals surface area (Å²) < 4.78 is 38.6. The number of rotatable bonds is 8. The molecule has 0 atom stereocenters. The SMILES string of the molecule is CCOc1ccc(CC(=O)Nc2ccc3c(c2)CCCN3S(=O)(=O)c2ccc(OC)cc2)cc1. The molecule has 1 aliphatic heterocycles. The molecular weight excluding hydrogens is 452 g/mol. The van der Waals surface area contributed by atoms with Gasteiger partial charge in [0.25, 0.3) is 10.0 Å². The molecule has 0 bridgehead atoms. The van der Waals surface area contributed by atoms with Gasteiger partial charge in [0.15, 0.2) is 0 Å². The second-order valence-corrected chi connectivity index (χ2v) is 9.86. The maximum Gasteiger partial charge on any atom is 0.264 e. The number of anilines is 2. The molecular formula is C26H28N2O5S. The molecule has 0 fully saturated rings. The van der Waals surface area contributed by atoms with Crippen molar-refractivity contribution in [3.63, 3.8) is 0 Å². The van der Waals surface area contributed by atoms with Crippen LogP contribution in [0.15, 0.2) is 71.6 Å². The fourth-order valence-electron chi connectivity index (χ4n) is 4.03. The predicted octanol–water partition coefficient (Wildman–Crippen LogP) is 4.42. The van der Waals surface area contributed by atoms with Crippen LogP contribution in [0.4, 0.5) is 11.4 Å². The van der Waals surface area contributed by atoms with E-state index in [2.05, 4.69) is 5.32 Å². The molecule has 0 radical (unpaired) electrons. The highest BCUT2D eigenvalue weighted by Crippen LogP contribution is 2.34. The molecule has 0 saturated carbocycles. The summed E-state index contributed by atoms with van der Waals surface area (Å²) in [4.78, 5) is 12.8. The maximum absolute atomic E-state index is 13.3. The smallest absolute Gasteiger partial charge is 0.264 e. The molecule has 8 heteroatoms. The number of aryl methyl sites for hydroxylation is 1. The highest BCUT2D eigenvalue weighted by Gasteiger charge is 2.29. The van der Waals surface area contributed by atoms with Gasteiger partial charge < -0.3 is 14.8 Å². The van der Waals surface area contributed by atoms with Crippen molar-refractivity contribution in [2.24, 2.45) is 0 Å². The van der Waals surface area contributed by atoms with Gasteiger partial charge in [-0.25, -0.2) is 8.42 Å². The van der Waals surface area contributed by atoms with E-state index in [9.17, 15) is 13.2 Å². The summed E-state index contributed by atoms with van der Waals surface area (Å²) in [6, 6.07) is 19.2.